The monoisotopic (exact) mass is 354 g/mol. The molecule has 0 saturated carbocycles. The van der Waals surface area contributed by atoms with E-state index in [1.54, 1.807) is 26.1 Å². The van der Waals surface area contributed by atoms with Gasteiger partial charge in [0, 0.05) is 19.3 Å². The number of sulfone groups is 1. The highest BCUT2D eigenvalue weighted by atomic mass is 32.2. The van der Waals surface area contributed by atoms with Crippen LogP contribution in [0.15, 0.2) is 18.3 Å². The first-order chi connectivity index (χ1) is 10.8. The van der Waals surface area contributed by atoms with Gasteiger partial charge in [-0.2, -0.15) is 0 Å². The molecule has 7 nitrogen and oxygen atoms in total. The number of fused-ring (bicyclic) bond motifs is 1. The molecular formula is C14H18N4O3S2. The smallest absolute Gasteiger partial charge is 0.323 e. The Balaban J connectivity index is 1.73. The fraction of sp³-hybridized carbons (Fsp3) is 0.500. The lowest BCUT2D eigenvalue weighted by Crippen LogP contribution is -2.37. The highest BCUT2D eigenvalue weighted by Gasteiger charge is 2.38. The number of pyridine rings is 1. The Labute approximate surface area is 138 Å². The Bertz CT molecular complexity index is 812. The lowest BCUT2D eigenvalue weighted by atomic mass is 10.1. The van der Waals surface area contributed by atoms with E-state index in [1.807, 2.05) is 6.07 Å². The van der Waals surface area contributed by atoms with Gasteiger partial charge in [0.2, 0.25) is 0 Å². The van der Waals surface area contributed by atoms with Gasteiger partial charge in [0.05, 0.1) is 10.5 Å². The van der Waals surface area contributed by atoms with Crippen molar-refractivity contribution in [3.8, 4) is 0 Å². The van der Waals surface area contributed by atoms with E-state index in [1.165, 1.54) is 16.2 Å². The van der Waals surface area contributed by atoms with E-state index >= 15 is 0 Å². The molecule has 1 aliphatic rings. The predicted octanol–water partition coefficient (Wildman–Crippen LogP) is 2.12. The zero-order chi connectivity index (χ0) is 16.7. The van der Waals surface area contributed by atoms with Crippen molar-refractivity contribution in [2.45, 2.75) is 25.0 Å². The normalized spacial score (nSPS) is 20.2. The second-order valence-corrected chi connectivity index (χ2v) is 9.81. The van der Waals surface area contributed by atoms with Crippen LogP contribution in [0, 0.1) is 0 Å². The minimum Gasteiger partial charge on any atom is -0.323 e. The fourth-order valence-electron chi connectivity index (χ4n) is 2.38. The summed E-state index contributed by atoms with van der Waals surface area (Å²) in [6.07, 6.45) is 2.10. The molecule has 1 N–H and O–H groups in total. The molecule has 1 aliphatic heterocycles. The minimum atomic E-state index is -3.20. The molecule has 1 saturated heterocycles. The van der Waals surface area contributed by atoms with Gasteiger partial charge in [-0.15, -0.1) is 0 Å². The van der Waals surface area contributed by atoms with Crippen molar-refractivity contribution in [3.05, 3.63) is 18.3 Å². The molecule has 9 heteroatoms. The lowest BCUT2D eigenvalue weighted by molar-refractivity contribution is 0.214. The van der Waals surface area contributed by atoms with E-state index < -0.39 is 14.6 Å². The van der Waals surface area contributed by atoms with Gasteiger partial charge in [-0.25, -0.2) is 23.2 Å². The maximum Gasteiger partial charge on any atom is 0.323 e. The maximum atomic E-state index is 12.4. The third-order valence-electron chi connectivity index (χ3n) is 4.12. The summed E-state index contributed by atoms with van der Waals surface area (Å²) in [4.78, 5) is 23.2. The molecule has 2 amide bonds. The Morgan fingerprint density at radius 1 is 1.39 bits per heavy atom. The summed E-state index contributed by atoms with van der Waals surface area (Å²) in [5.41, 5.74) is 0.729. The third kappa shape index (κ3) is 3.16. The van der Waals surface area contributed by atoms with Crippen molar-refractivity contribution in [1.82, 2.24) is 14.9 Å². The predicted molar refractivity (Wildman–Crippen MR) is 90.5 cm³/mol. The highest BCUT2D eigenvalue weighted by molar-refractivity contribution is 7.92. The zero-order valence-corrected chi connectivity index (χ0v) is 14.6. The number of nitrogens with one attached hydrogen (secondary N) is 1. The first-order valence-electron chi connectivity index (χ1n) is 7.28. The van der Waals surface area contributed by atoms with Crippen molar-refractivity contribution in [1.29, 1.82) is 0 Å². The van der Waals surface area contributed by atoms with Crippen LogP contribution in [0.5, 0.6) is 0 Å². The van der Waals surface area contributed by atoms with Gasteiger partial charge in [-0.05, 0) is 32.4 Å². The average molecular weight is 354 g/mol. The quantitative estimate of drug-likeness (QED) is 0.847. The van der Waals surface area contributed by atoms with E-state index in [0.717, 1.165) is 10.3 Å². The molecule has 2 aromatic heterocycles. The molecular weight excluding hydrogens is 336 g/mol. The zero-order valence-electron chi connectivity index (χ0n) is 12.9. The number of thiazole rings is 1. The second-order valence-electron chi connectivity index (χ2n) is 6.09. The summed E-state index contributed by atoms with van der Waals surface area (Å²) >= 11 is 1.30. The molecule has 0 unspecified atom stereocenters. The first kappa shape index (κ1) is 16.1. The Hall–Kier alpha value is -1.74. The van der Waals surface area contributed by atoms with Crippen LogP contribution in [0.1, 0.15) is 20.3 Å². The van der Waals surface area contributed by atoms with Crippen LogP contribution >= 0.6 is 11.3 Å². The number of anilines is 1. The van der Waals surface area contributed by atoms with Gasteiger partial charge in [0.15, 0.2) is 15.0 Å². The minimum absolute atomic E-state index is 0.0190. The van der Waals surface area contributed by atoms with Gasteiger partial charge in [0.25, 0.3) is 0 Å². The van der Waals surface area contributed by atoms with Gasteiger partial charge in [0.1, 0.15) is 10.3 Å². The van der Waals surface area contributed by atoms with Crippen LogP contribution in [0.2, 0.25) is 0 Å². The van der Waals surface area contributed by atoms with E-state index in [9.17, 15) is 13.2 Å². The molecule has 0 atom stereocenters. The number of nitrogens with zero attached hydrogens (tertiary/aromatic N) is 3. The standard InChI is InChI=1S/C14H18N4O3S2/c1-14(2)5-7-18(8-9-23(14,20)21)13(19)17-12-16-10-4-3-6-15-11(10)22-12/h3-4,6H,5,7-9H2,1-2H3,(H,16,17,19). The van der Waals surface area contributed by atoms with Crippen molar-refractivity contribution < 1.29 is 13.2 Å². The molecule has 2 aromatic rings. The summed E-state index contributed by atoms with van der Waals surface area (Å²) in [7, 11) is -3.20. The third-order valence-corrected chi connectivity index (χ3v) is 7.63. The molecule has 3 rings (SSSR count). The number of aromatic nitrogens is 2. The van der Waals surface area contributed by atoms with Crippen molar-refractivity contribution in [3.63, 3.8) is 0 Å². The van der Waals surface area contributed by atoms with Gasteiger partial charge >= 0.3 is 6.03 Å². The highest BCUT2D eigenvalue weighted by Crippen LogP contribution is 2.27. The molecule has 124 valence electrons. The number of rotatable bonds is 1. The average Bonchev–Trinajstić information content (AvgIpc) is 2.84. The molecule has 0 spiro atoms. The second kappa shape index (κ2) is 5.72. The fourth-order valence-corrected chi connectivity index (χ4v) is 4.59. The van der Waals surface area contributed by atoms with Crippen molar-refractivity contribution >= 4 is 42.7 Å². The Morgan fingerprint density at radius 3 is 2.91 bits per heavy atom. The van der Waals surface area contributed by atoms with Crippen molar-refractivity contribution in [2.24, 2.45) is 0 Å². The van der Waals surface area contributed by atoms with Crippen LogP contribution in [0.25, 0.3) is 10.3 Å². The largest absolute Gasteiger partial charge is 0.323 e. The number of hydrogen-bond acceptors (Lipinski definition) is 6. The first-order valence-corrected chi connectivity index (χ1v) is 9.75. The van der Waals surface area contributed by atoms with Gasteiger partial charge in [-0.1, -0.05) is 11.3 Å². The van der Waals surface area contributed by atoms with Crippen LogP contribution < -0.4 is 5.32 Å². The SMILES string of the molecule is CC1(C)CCN(C(=O)Nc2nc3cccnc3s2)CCS1(=O)=O. The van der Waals surface area contributed by atoms with E-state index in [-0.39, 0.29) is 18.3 Å². The van der Waals surface area contributed by atoms with Crippen LogP contribution in [-0.4, -0.2) is 52.9 Å². The summed E-state index contributed by atoms with van der Waals surface area (Å²) in [6, 6.07) is 3.29. The van der Waals surface area contributed by atoms with Gasteiger partial charge in [-0.3, -0.25) is 5.32 Å². The van der Waals surface area contributed by atoms with Crippen molar-refractivity contribution in [2.75, 3.05) is 24.2 Å². The molecule has 0 aliphatic carbocycles. The van der Waals surface area contributed by atoms with E-state index in [2.05, 4.69) is 15.3 Å². The Morgan fingerprint density at radius 2 is 2.17 bits per heavy atom. The maximum absolute atomic E-state index is 12.4. The van der Waals surface area contributed by atoms with E-state index in [0.29, 0.717) is 18.1 Å². The van der Waals surface area contributed by atoms with Crippen LogP contribution in [0.3, 0.4) is 0 Å². The lowest BCUT2D eigenvalue weighted by Gasteiger charge is -2.22. The molecule has 1 fully saturated rings. The molecule has 0 radical (unpaired) electrons. The number of carbonyl (C=O) groups excluding carboxylic acids is 1. The Kier molecular flexibility index (Phi) is 4.01. The summed E-state index contributed by atoms with van der Waals surface area (Å²) in [5, 5.41) is 3.21. The topological polar surface area (TPSA) is 92.3 Å². The summed E-state index contributed by atoms with van der Waals surface area (Å²) in [6.45, 7) is 4.02. The number of amides is 2. The molecule has 23 heavy (non-hydrogen) atoms. The van der Waals surface area contributed by atoms with E-state index in [4.69, 9.17) is 0 Å². The summed E-state index contributed by atoms with van der Waals surface area (Å²) < 4.78 is 23.6. The molecule has 3 heterocycles. The molecule has 0 bridgehead atoms. The number of carbonyl (C=O) groups is 1. The van der Waals surface area contributed by atoms with Crippen LogP contribution in [-0.2, 0) is 9.84 Å². The summed E-state index contributed by atoms with van der Waals surface area (Å²) in [5.74, 6) is -0.0190. The number of hydrogen-bond donors (Lipinski definition) is 1. The van der Waals surface area contributed by atoms with Crippen LogP contribution in [0.4, 0.5) is 9.93 Å². The van der Waals surface area contributed by atoms with Gasteiger partial charge < -0.3 is 4.90 Å². The number of urea groups is 1. The molecule has 0 aromatic carbocycles.